The molecule has 2 fully saturated rings. The SMILES string of the molecule is CCCO[C@]1(C(=O)Nc2ccc(OCCN3CCCC[C@@H]3C)cc2)CCC[C@H](C)C1. The Morgan fingerprint density at radius 2 is 1.93 bits per heavy atom. The van der Waals surface area contributed by atoms with Crippen molar-refractivity contribution in [2.45, 2.75) is 83.8 Å². The van der Waals surface area contributed by atoms with E-state index < -0.39 is 5.60 Å². The molecule has 2 aliphatic rings. The Bertz CT molecular complexity index is 663. The molecule has 1 N–H and O–H groups in total. The lowest BCUT2D eigenvalue weighted by molar-refractivity contribution is -0.148. The molecule has 3 rings (SSSR count). The van der Waals surface area contributed by atoms with Gasteiger partial charge in [-0.15, -0.1) is 0 Å². The van der Waals surface area contributed by atoms with Crippen molar-refractivity contribution in [1.29, 1.82) is 0 Å². The first kappa shape index (κ1) is 23.1. The molecule has 5 heteroatoms. The predicted octanol–water partition coefficient (Wildman–Crippen LogP) is 5.25. The monoisotopic (exact) mass is 416 g/mol. The van der Waals surface area contributed by atoms with Crippen LogP contribution in [0.5, 0.6) is 5.75 Å². The molecule has 5 nitrogen and oxygen atoms in total. The Balaban J connectivity index is 1.51. The van der Waals surface area contributed by atoms with Crippen LogP contribution in [0.25, 0.3) is 0 Å². The van der Waals surface area contributed by atoms with Gasteiger partial charge in [-0.05, 0) is 82.2 Å². The van der Waals surface area contributed by atoms with Crippen LogP contribution in [0.1, 0.15) is 72.1 Å². The number of nitrogens with zero attached hydrogens (tertiary/aromatic N) is 1. The third kappa shape index (κ3) is 6.21. The second-order valence-electron chi connectivity index (χ2n) is 9.25. The van der Waals surface area contributed by atoms with Crippen molar-refractivity contribution < 1.29 is 14.3 Å². The van der Waals surface area contributed by atoms with Crippen molar-refractivity contribution >= 4 is 11.6 Å². The van der Waals surface area contributed by atoms with Crippen molar-refractivity contribution in [3.05, 3.63) is 24.3 Å². The van der Waals surface area contributed by atoms with Crippen LogP contribution in [0, 0.1) is 5.92 Å². The molecule has 1 aliphatic carbocycles. The standard InChI is InChI=1S/C25H40N2O3/c1-4-17-30-25(14-7-8-20(2)19-25)24(28)26-22-10-12-23(13-11-22)29-18-16-27-15-6-5-9-21(27)3/h10-13,20-21H,4-9,14-19H2,1-3H3,(H,26,28)/t20-,21-,25+/m0/s1. The zero-order chi connectivity index (χ0) is 21.4. The van der Waals surface area contributed by atoms with Crippen LogP contribution in [-0.4, -0.2) is 48.8 Å². The van der Waals surface area contributed by atoms with Crippen LogP contribution in [0.2, 0.25) is 0 Å². The smallest absolute Gasteiger partial charge is 0.256 e. The molecule has 0 radical (unpaired) electrons. The van der Waals surface area contributed by atoms with Gasteiger partial charge in [0.1, 0.15) is 18.0 Å². The Morgan fingerprint density at radius 3 is 2.63 bits per heavy atom. The second kappa shape index (κ2) is 11.1. The Morgan fingerprint density at radius 1 is 1.13 bits per heavy atom. The average Bonchev–Trinajstić information content (AvgIpc) is 2.75. The van der Waals surface area contributed by atoms with E-state index >= 15 is 0 Å². The van der Waals surface area contributed by atoms with Gasteiger partial charge in [-0.3, -0.25) is 9.69 Å². The van der Waals surface area contributed by atoms with E-state index in [2.05, 4.69) is 31.0 Å². The number of piperidine rings is 1. The van der Waals surface area contributed by atoms with Gasteiger partial charge in [0, 0.05) is 24.9 Å². The summed E-state index contributed by atoms with van der Waals surface area (Å²) >= 11 is 0. The van der Waals surface area contributed by atoms with Gasteiger partial charge in [0.05, 0.1) is 0 Å². The number of amides is 1. The van der Waals surface area contributed by atoms with Crippen molar-refractivity contribution in [2.24, 2.45) is 5.92 Å². The number of nitrogens with one attached hydrogen (secondary N) is 1. The molecule has 1 aromatic carbocycles. The van der Waals surface area contributed by atoms with Gasteiger partial charge in [0.15, 0.2) is 0 Å². The summed E-state index contributed by atoms with van der Waals surface area (Å²) in [6.45, 7) is 10.1. The number of benzene rings is 1. The third-order valence-electron chi connectivity index (χ3n) is 6.65. The van der Waals surface area contributed by atoms with Gasteiger partial charge >= 0.3 is 0 Å². The maximum Gasteiger partial charge on any atom is 0.256 e. The van der Waals surface area contributed by atoms with Crippen molar-refractivity contribution in [3.8, 4) is 5.75 Å². The van der Waals surface area contributed by atoms with Crippen LogP contribution < -0.4 is 10.1 Å². The predicted molar refractivity (Wildman–Crippen MR) is 122 cm³/mol. The van der Waals surface area contributed by atoms with E-state index in [-0.39, 0.29) is 5.91 Å². The zero-order valence-electron chi connectivity index (χ0n) is 19.1. The average molecular weight is 417 g/mol. The normalized spacial score (nSPS) is 27.6. The summed E-state index contributed by atoms with van der Waals surface area (Å²) in [4.78, 5) is 15.6. The summed E-state index contributed by atoms with van der Waals surface area (Å²) in [5, 5.41) is 3.10. The quantitative estimate of drug-likeness (QED) is 0.597. The largest absolute Gasteiger partial charge is 0.492 e. The summed E-state index contributed by atoms with van der Waals surface area (Å²) in [6, 6.07) is 8.40. The fourth-order valence-electron chi connectivity index (χ4n) is 4.85. The summed E-state index contributed by atoms with van der Waals surface area (Å²) in [5.41, 5.74) is 0.114. The van der Waals surface area contributed by atoms with Crippen molar-refractivity contribution in [3.63, 3.8) is 0 Å². The van der Waals surface area contributed by atoms with Crippen LogP contribution in [0.4, 0.5) is 5.69 Å². The first-order chi connectivity index (χ1) is 14.5. The van der Waals surface area contributed by atoms with E-state index in [1.165, 1.54) is 32.2 Å². The molecular weight excluding hydrogens is 376 g/mol. The van der Waals surface area contributed by atoms with Crippen molar-refractivity contribution in [2.75, 3.05) is 31.6 Å². The molecule has 0 unspecified atom stereocenters. The lowest BCUT2D eigenvalue weighted by atomic mass is 9.78. The number of likely N-dealkylation sites (tertiary alicyclic amines) is 1. The van der Waals surface area contributed by atoms with Gasteiger partial charge < -0.3 is 14.8 Å². The minimum absolute atomic E-state index is 0.00439. The molecule has 0 aromatic heterocycles. The molecule has 30 heavy (non-hydrogen) atoms. The van der Waals surface area contributed by atoms with Gasteiger partial charge in [-0.1, -0.05) is 26.7 Å². The van der Waals surface area contributed by atoms with Crippen LogP contribution in [0.3, 0.4) is 0 Å². The molecule has 1 amide bonds. The maximum absolute atomic E-state index is 13.1. The maximum atomic E-state index is 13.1. The Hall–Kier alpha value is -1.59. The fraction of sp³-hybridized carbons (Fsp3) is 0.720. The summed E-state index contributed by atoms with van der Waals surface area (Å²) in [5.74, 6) is 1.36. The van der Waals surface area contributed by atoms with E-state index in [9.17, 15) is 4.79 Å². The summed E-state index contributed by atoms with van der Waals surface area (Å²) in [6.07, 6.45) is 8.67. The Kier molecular flexibility index (Phi) is 8.58. The van der Waals surface area contributed by atoms with Crippen molar-refractivity contribution in [1.82, 2.24) is 4.90 Å². The molecular formula is C25H40N2O3. The number of ether oxygens (including phenoxy) is 2. The highest BCUT2D eigenvalue weighted by Gasteiger charge is 2.42. The fourth-order valence-corrected chi connectivity index (χ4v) is 4.85. The van der Waals surface area contributed by atoms with E-state index in [0.29, 0.717) is 25.2 Å². The van der Waals surface area contributed by atoms with Gasteiger partial charge in [-0.2, -0.15) is 0 Å². The summed E-state index contributed by atoms with van der Waals surface area (Å²) < 4.78 is 12.1. The molecule has 1 aromatic rings. The lowest BCUT2D eigenvalue weighted by Gasteiger charge is -2.38. The van der Waals surface area contributed by atoms with Crippen LogP contribution in [0.15, 0.2) is 24.3 Å². The first-order valence-electron chi connectivity index (χ1n) is 11.9. The van der Waals surface area contributed by atoms with Gasteiger partial charge in [-0.25, -0.2) is 0 Å². The topological polar surface area (TPSA) is 50.8 Å². The molecule has 1 aliphatic heterocycles. The third-order valence-corrected chi connectivity index (χ3v) is 6.65. The van der Waals surface area contributed by atoms with Gasteiger partial charge in [0.25, 0.3) is 5.91 Å². The van der Waals surface area contributed by atoms with E-state index in [0.717, 1.165) is 43.7 Å². The zero-order valence-corrected chi connectivity index (χ0v) is 19.1. The van der Waals surface area contributed by atoms with E-state index in [4.69, 9.17) is 9.47 Å². The number of carbonyl (C=O) groups excluding carboxylic acids is 1. The molecule has 1 saturated heterocycles. The Labute approximate surface area is 182 Å². The van der Waals surface area contributed by atoms with Crippen LogP contribution in [-0.2, 0) is 9.53 Å². The molecule has 1 heterocycles. The first-order valence-corrected chi connectivity index (χ1v) is 11.9. The minimum Gasteiger partial charge on any atom is -0.492 e. The second-order valence-corrected chi connectivity index (χ2v) is 9.25. The van der Waals surface area contributed by atoms with Crippen LogP contribution >= 0.6 is 0 Å². The minimum atomic E-state index is -0.687. The molecule has 168 valence electrons. The number of carbonyl (C=O) groups is 1. The molecule has 0 spiro atoms. The highest BCUT2D eigenvalue weighted by atomic mass is 16.5. The lowest BCUT2D eigenvalue weighted by Crippen LogP contribution is -2.48. The van der Waals surface area contributed by atoms with Gasteiger partial charge in [0.2, 0.25) is 0 Å². The van der Waals surface area contributed by atoms with E-state index in [1.807, 2.05) is 24.3 Å². The molecule has 0 bridgehead atoms. The van der Waals surface area contributed by atoms with E-state index in [1.54, 1.807) is 0 Å². The molecule has 1 saturated carbocycles. The highest BCUT2D eigenvalue weighted by Crippen LogP contribution is 2.36. The number of hydrogen-bond donors (Lipinski definition) is 1. The number of hydrogen-bond acceptors (Lipinski definition) is 4. The number of rotatable bonds is 9. The summed E-state index contributed by atoms with van der Waals surface area (Å²) in [7, 11) is 0. The number of anilines is 1. The molecule has 3 atom stereocenters. The highest BCUT2D eigenvalue weighted by molar-refractivity contribution is 5.97.